The van der Waals surface area contributed by atoms with Crippen LogP contribution in [0.2, 0.25) is 0 Å². The van der Waals surface area contributed by atoms with Crippen LogP contribution in [0.25, 0.3) is 88.4 Å². The Morgan fingerprint density at radius 3 is 1.58 bits per heavy atom. The maximum atomic E-state index is 2.51. The molecule has 234 valence electrons. The summed E-state index contributed by atoms with van der Waals surface area (Å²) in [6.07, 6.45) is 0. The minimum Gasteiger partial charge on any atom is -0.309 e. The molecule has 0 radical (unpaired) electrons. The predicted molar refractivity (Wildman–Crippen MR) is 211 cm³/mol. The molecule has 0 saturated heterocycles. The lowest BCUT2D eigenvalue weighted by atomic mass is 9.92. The van der Waals surface area contributed by atoms with Gasteiger partial charge in [-0.05, 0) is 58.7 Å². The molecule has 10 rings (SSSR count). The molecule has 0 aliphatic carbocycles. The zero-order chi connectivity index (χ0) is 33.0. The van der Waals surface area contributed by atoms with E-state index in [1.807, 2.05) is 0 Å². The van der Waals surface area contributed by atoms with Crippen molar-refractivity contribution >= 4 is 43.6 Å². The molecule has 2 heterocycles. The lowest BCUT2D eigenvalue weighted by Gasteiger charge is -2.19. The van der Waals surface area contributed by atoms with Gasteiger partial charge in [0.05, 0.1) is 27.8 Å². The molecule has 0 spiro atoms. The van der Waals surface area contributed by atoms with Crippen LogP contribution in [0.5, 0.6) is 0 Å². The van der Waals surface area contributed by atoms with Crippen molar-refractivity contribution in [2.24, 2.45) is 0 Å². The molecular weight excluding hydrogens is 605 g/mol. The fourth-order valence-electron chi connectivity index (χ4n) is 7.99. The van der Waals surface area contributed by atoms with Crippen LogP contribution >= 0.6 is 0 Å². The van der Waals surface area contributed by atoms with Gasteiger partial charge in [-0.3, -0.25) is 0 Å². The van der Waals surface area contributed by atoms with Crippen molar-refractivity contribution in [1.82, 2.24) is 9.13 Å². The summed E-state index contributed by atoms with van der Waals surface area (Å²) >= 11 is 0. The smallest absolute Gasteiger partial charge is 0.0619 e. The zero-order valence-corrected chi connectivity index (χ0v) is 27.4. The van der Waals surface area contributed by atoms with Crippen LogP contribution in [0.3, 0.4) is 0 Å². The first-order valence-electron chi connectivity index (χ1n) is 17.2. The van der Waals surface area contributed by atoms with E-state index in [1.54, 1.807) is 0 Å². The van der Waals surface area contributed by atoms with Gasteiger partial charge in [0.15, 0.2) is 0 Å². The number of hydrogen-bond acceptors (Lipinski definition) is 0. The molecule has 0 amide bonds. The quantitative estimate of drug-likeness (QED) is 0.178. The molecule has 2 heteroatoms. The van der Waals surface area contributed by atoms with Crippen LogP contribution in [0.4, 0.5) is 0 Å². The van der Waals surface area contributed by atoms with Crippen LogP contribution in [0.15, 0.2) is 194 Å². The topological polar surface area (TPSA) is 9.86 Å². The Morgan fingerprint density at radius 2 is 0.840 bits per heavy atom. The highest BCUT2D eigenvalue weighted by molar-refractivity contribution is 6.16. The largest absolute Gasteiger partial charge is 0.309 e. The summed E-state index contributed by atoms with van der Waals surface area (Å²) < 4.78 is 4.91. The fraction of sp³-hybridized carbons (Fsp3) is 0. The van der Waals surface area contributed by atoms with Crippen LogP contribution < -0.4 is 0 Å². The number of benzene rings is 8. The number of fused-ring (bicyclic) bond motifs is 6. The van der Waals surface area contributed by atoms with Crippen LogP contribution in [0.1, 0.15) is 0 Å². The van der Waals surface area contributed by atoms with E-state index in [-0.39, 0.29) is 0 Å². The normalized spacial score (nSPS) is 11.6. The Bertz CT molecular complexity index is 2840. The van der Waals surface area contributed by atoms with Crippen LogP contribution in [-0.4, -0.2) is 9.13 Å². The summed E-state index contributed by atoms with van der Waals surface area (Å²) in [5.41, 5.74) is 14.4. The molecule has 0 N–H and O–H groups in total. The highest BCUT2D eigenvalue weighted by atomic mass is 15.0. The van der Waals surface area contributed by atoms with Gasteiger partial charge < -0.3 is 9.13 Å². The molecule has 10 aromatic rings. The summed E-state index contributed by atoms with van der Waals surface area (Å²) in [4.78, 5) is 0. The van der Waals surface area contributed by atoms with Gasteiger partial charge in [0.2, 0.25) is 0 Å². The van der Waals surface area contributed by atoms with Gasteiger partial charge >= 0.3 is 0 Å². The molecule has 0 atom stereocenters. The van der Waals surface area contributed by atoms with Crippen molar-refractivity contribution in [3.8, 4) is 44.8 Å². The van der Waals surface area contributed by atoms with Crippen molar-refractivity contribution < 1.29 is 0 Å². The summed E-state index contributed by atoms with van der Waals surface area (Å²) in [6.45, 7) is 0. The molecule has 50 heavy (non-hydrogen) atoms. The van der Waals surface area contributed by atoms with E-state index in [0.717, 1.165) is 11.4 Å². The number of aromatic nitrogens is 2. The third-order valence-corrected chi connectivity index (χ3v) is 10.1. The second-order valence-electron chi connectivity index (χ2n) is 12.9. The summed E-state index contributed by atoms with van der Waals surface area (Å²) in [6, 6.07) is 70.4. The summed E-state index contributed by atoms with van der Waals surface area (Å²) in [5, 5.41) is 5.00. The summed E-state index contributed by atoms with van der Waals surface area (Å²) in [7, 11) is 0. The number of nitrogens with zero attached hydrogens (tertiary/aromatic N) is 2. The molecule has 0 bridgehead atoms. The number of para-hydroxylation sites is 4. The molecule has 2 aromatic heterocycles. The Morgan fingerprint density at radius 1 is 0.300 bits per heavy atom. The van der Waals surface area contributed by atoms with Gasteiger partial charge in [-0.25, -0.2) is 0 Å². The lowest BCUT2D eigenvalue weighted by Crippen LogP contribution is -2.00. The minimum absolute atomic E-state index is 1.16. The van der Waals surface area contributed by atoms with Gasteiger partial charge in [0.1, 0.15) is 0 Å². The van der Waals surface area contributed by atoms with Crippen LogP contribution in [0, 0.1) is 0 Å². The maximum absolute atomic E-state index is 2.51. The molecule has 8 aromatic carbocycles. The molecule has 0 saturated carbocycles. The molecular formula is C48H32N2. The standard InChI is InChI=1S/C48H32N2/c1-4-16-33(17-5-1)37-24-15-29-45(47(37)34-18-6-2-7-19-34)50-44-28-13-11-23-40(44)42-26-14-25-38(48(42)50)35-30-31-41-39-22-10-12-27-43(39)49(46(41)32-35)36-20-8-3-9-21-36/h1-32H. The molecule has 0 aliphatic rings. The van der Waals surface area contributed by atoms with Gasteiger partial charge in [0, 0.05) is 38.4 Å². The van der Waals surface area contributed by atoms with Crippen molar-refractivity contribution in [3.05, 3.63) is 194 Å². The van der Waals surface area contributed by atoms with Gasteiger partial charge in [-0.15, -0.1) is 0 Å². The molecule has 2 nitrogen and oxygen atoms in total. The predicted octanol–water partition coefficient (Wildman–Crippen LogP) is 12.9. The zero-order valence-electron chi connectivity index (χ0n) is 27.4. The van der Waals surface area contributed by atoms with E-state index in [4.69, 9.17) is 0 Å². The van der Waals surface area contributed by atoms with Crippen LogP contribution in [-0.2, 0) is 0 Å². The average molecular weight is 637 g/mol. The summed E-state index contributed by atoms with van der Waals surface area (Å²) in [5.74, 6) is 0. The highest BCUT2D eigenvalue weighted by Gasteiger charge is 2.22. The second kappa shape index (κ2) is 11.5. The third-order valence-electron chi connectivity index (χ3n) is 10.1. The van der Waals surface area contributed by atoms with E-state index in [1.165, 1.54) is 77.0 Å². The monoisotopic (exact) mass is 636 g/mol. The Hall–Kier alpha value is -6.64. The van der Waals surface area contributed by atoms with E-state index >= 15 is 0 Å². The van der Waals surface area contributed by atoms with Crippen molar-refractivity contribution in [2.45, 2.75) is 0 Å². The first kappa shape index (κ1) is 28.4. The van der Waals surface area contributed by atoms with Gasteiger partial charge in [-0.2, -0.15) is 0 Å². The second-order valence-corrected chi connectivity index (χ2v) is 12.9. The highest BCUT2D eigenvalue weighted by Crippen LogP contribution is 2.44. The van der Waals surface area contributed by atoms with Crippen molar-refractivity contribution in [2.75, 3.05) is 0 Å². The Kier molecular flexibility index (Phi) is 6.53. The first-order chi connectivity index (χ1) is 24.8. The third kappa shape index (κ3) is 4.36. The Labute approximate surface area is 290 Å². The average Bonchev–Trinajstić information content (AvgIpc) is 3.71. The maximum Gasteiger partial charge on any atom is 0.0619 e. The first-order valence-corrected chi connectivity index (χ1v) is 17.2. The van der Waals surface area contributed by atoms with E-state index in [0.29, 0.717) is 0 Å². The fourth-order valence-corrected chi connectivity index (χ4v) is 7.99. The van der Waals surface area contributed by atoms with E-state index < -0.39 is 0 Å². The van der Waals surface area contributed by atoms with Gasteiger partial charge in [0.25, 0.3) is 0 Å². The lowest BCUT2D eigenvalue weighted by molar-refractivity contribution is 1.18. The minimum atomic E-state index is 1.16. The molecule has 0 fully saturated rings. The Balaban J connectivity index is 1.31. The van der Waals surface area contributed by atoms with Gasteiger partial charge in [-0.1, -0.05) is 158 Å². The number of hydrogen-bond donors (Lipinski definition) is 0. The van der Waals surface area contributed by atoms with Crippen molar-refractivity contribution in [3.63, 3.8) is 0 Å². The number of rotatable bonds is 5. The van der Waals surface area contributed by atoms with Crippen molar-refractivity contribution in [1.29, 1.82) is 0 Å². The van der Waals surface area contributed by atoms with E-state index in [9.17, 15) is 0 Å². The molecule has 0 aliphatic heterocycles. The van der Waals surface area contributed by atoms with E-state index in [2.05, 4.69) is 203 Å². The molecule has 0 unspecified atom stereocenters. The SMILES string of the molecule is c1ccc(-c2cccc(-n3c4ccccc4c4cccc(-c5ccc6c7ccccc7n(-c7ccccc7)c6c5)c43)c2-c2ccccc2)cc1.